The summed E-state index contributed by atoms with van der Waals surface area (Å²) in [5.41, 5.74) is 1.44. The maximum absolute atomic E-state index is 4.36. The summed E-state index contributed by atoms with van der Waals surface area (Å²) in [6.07, 6.45) is 16.4. The van der Waals surface area contributed by atoms with E-state index in [9.17, 15) is 0 Å². The van der Waals surface area contributed by atoms with Crippen molar-refractivity contribution in [2.75, 3.05) is 6.54 Å². The Hall–Kier alpha value is -1.05. The van der Waals surface area contributed by atoms with Crippen LogP contribution < -0.4 is 5.32 Å². The van der Waals surface area contributed by atoms with Gasteiger partial charge in [0.1, 0.15) is 0 Å². The molecule has 0 aliphatic carbocycles. The SMILES string of the molecule is C=C(CCCCC(C)C=CC)CCCC1CC(C)CN=CN1. The van der Waals surface area contributed by atoms with E-state index in [4.69, 9.17) is 0 Å². The molecule has 0 radical (unpaired) electrons. The lowest BCUT2D eigenvalue weighted by Crippen LogP contribution is -2.27. The van der Waals surface area contributed by atoms with Gasteiger partial charge in [-0.15, -0.1) is 0 Å². The number of allylic oxidation sites excluding steroid dienone is 3. The molecule has 1 N–H and O–H groups in total. The number of rotatable bonds is 10. The fraction of sp³-hybridized carbons (Fsp3) is 0.750. The Morgan fingerprint density at radius 2 is 2.14 bits per heavy atom. The van der Waals surface area contributed by atoms with Crippen molar-refractivity contribution < 1.29 is 0 Å². The lowest BCUT2D eigenvalue weighted by atomic mass is 9.95. The highest BCUT2D eigenvalue weighted by Crippen LogP contribution is 2.19. The van der Waals surface area contributed by atoms with Crippen LogP contribution in [0.1, 0.15) is 72.1 Å². The summed E-state index contributed by atoms with van der Waals surface area (Å²) < 4.78 is 0. The molecule has 0 fully saturated rings. The summed E-state index contributed by atoms with van der Waals surface area (Å²) in [6, 6.07) is 0.607. The Labute approximate surface area is 138 Å². The van der Waals surface area contributed by atoms with E-state index in [1.165, 1.54) is 56.9 Å². The molecule has 1 rings (SSSR count). The average Bonchev–Trinajstić information content (AvgIpc) is 2.68. The van der Waals surface area contributed by atoms with Crippen molar-refractivity contribution in [2.45, 2.75) is 78.2 Å². The third-order valence-electron chi connectivity index (χ3n) is 4.55. The van der Waals surface area contributed by atoms with Gasteiger partial charge in [0.25, 0.3) is 0 Å². The molecule has 0 saturated carbocycles. The lowest BCUT2D eigenvalue weighted by Gasteiger charge is -2.17. The van der Waals surface area contributed by atoms with Gasteiger partial charge in [0.15, 0.2) is 0 Å². The number of nitrogens with zero attached hydrogens (tertiary/aromatic N) is 1. The van der Waals surface area contributed by atoms with E-state index < -0.39 is 0 Å². The molecule has 0 spiro atoms. The van der Waals surface area contributed by atoms with E-state index in [0.29, 0.717) is 12.0 Å². The second-order valence-corrected chi connectivity index (χ2v) is 7.09. The molecule has 1 aliphatic rings. The van der Waals surface area contributed by atoms with Gasteiger partial charge in [0, 0.05) is 12.6 Å². The number of hydrogen-bond acceptors (Lipinski definition) is 2. The molecule has 0 aromatic heterocycles. The normalized spacial score (nSPS) is 23.2. The predicted octanol–water partition coefficient (Wildman–Crippen LogP) is 5.51. The van der Waals surface area contributed by atoms with Crippen LogP contribution in [0.3, 0.4) is 0 Å². The molecule has 3 unspecified atom stereocenters. The van der Waals surface area contributed by atoms with Crippen LogP contribution in [0.4, 0.5) is 0 Å². The van der Waals surface area contributed by atoms with Crippen LogP contribution in [0.2, 0.25) is 0 Å². The largest absolute Gasteiger partial charge is 0.374 e. The van der Waals surface area contributed by atoms with Crippen molar-refractivity contribution in [1.82, 2.24) is 5.32 Å². The Balaban J connectivity index is 2.04. The van der Waals surface area contributed by atoms with E-state index in [1.807, 2.05) is 6.34 Å². The van der Waals surface area contributed by atoms with Gasteiger partial charge in [0.2, 0.25) is 0 Å². The van der Waals surface area contributed by atoms with Gasteiger partial charge in [-0.2, -0.15) is 0 Å². The standard InChI is InChI=1S/C20H36N2/c1-5-9-17(2)10-6-7-11-18(3)12-8-13-20-14-19(4)15-21-16-22-20/h5,9,16-17,19-20H,3,6-8,10-15H2,1-2,4H3,(H,21,22). The number of aliphatic imine (C=N–C) groups is 1. The summed E-state index contributed by atoms with van der Waals surface area (Å²) in [5, 5.41) is 3.43. The monoisotopic (exact) mass is 304 g/mol. The molecule has 0 aromatic rings. The molecule has 0 bridgehead atoms. The zero-order valence-corrected chi connectivity index (χ0v) is 15.0. The molecule has 2 heteroatoms. The van der Waals surface area contributed by atoms with Gasteiger partial charge in [0.05, 0.1) is 6.34 Å². The number of unbranched alkanes of at least 4 members (excludes halogenated alkanes) is 1. The summed E-state index contributed by atoms with van der Waals surface area (Å²) in [6.45, 7) is 11.9. The van der Waals surface area contributed by atoms with Crippen LogP contribution in [0.5, 0.6) is 0 Å². The molecule has 22 heavy (non-hydrogen) atoms. The molecule has 1 aliphatic heterocycles. The van der Waals surface area contributed by atoms with E-state index >= 15 is 0 Å². The first-order chi connectivity index (χ1) is 10.6. The van der Waals surface area contributed by atoms with Gasteiger partial charge in [-0.25, -0.2) is 0 Å². The first-order valence-electron chi connectivity index (χ1n) is 9.15. The Bertz CT molecular complexity index is 357. The maximum atomic E-state index is 4.36. The molecule has 126 valence electrons. The van der Waals surface area contributed by atoms with Gasteiger partial charge >= 0.3 is 0 Å². The van der Waals surface area contributed by atoms with Crippen molar-refractivity contribution in [3.8, 4) is 0 Å². The highest BCUT2D eigenvalue weighted by molar-refractivity contribution is 5.55. The van der Waals surface area contributed by atoms with Crippen LogP contribution in [0.25, 0.3) is 0 Å². The van der Waals surface area contributed by atoms with Gasteiger partial charge < -0.3 is 5.32 Å². The predicted molar refractivity (Wildman–Crippen MR) is 99.5 cm³/mol. The Morgan fingerprint density at radius 1 is 1.36 bits per heavy atom. The van der Waals surface area contributed by atoms with Crippen molar-refractivity contribution in [2.24, 2.45) is 16.8 Å². The number of hydrogen-bond donors (Lipinski definition) is 1. The Kier molecular flexibility index (Phi) is 9.94. The average molecular weight is 305 g/mol. The minimum absolute atomic E-state index is 0.607. The molecule has 1 heterocycles. The van der Waals surface area contributed by atoms with Crippen LogP contribution in [0.15, 0.2) is 29.3 Å². The van der Waals surface area contributed by atoms with Gasteiger partial charge in [-0.1, -0.05) is 44.6 Å². The van der Waals surface area contributed by atoms with Crippen LogP contribution in [-0.2, 0) is 0 Å². The zero-order chi connectivity index (χ0) is 16.2. The molecular formula is C20H36N2. The van der Waals surface area contributed by atoms with E-state index in [0.717, 1.165) is 12.5 Å². The molecule has 0 saturated heterocycles. The first-order valence-corrected chi connectivity index (χ1v) is 9.15. The molecule has 2 nitrogen and oxygen atoms in total. The van der Waals surface area contributed by atoms with Gasteiger partial charge in [-0.3, -0.25) is 4.99 Å². The quantitative estimate of drug-likeness (QED) is 0.417. The molecule has 3 atom stereocenters. The second kappa shape index (κ2) is 11.5. The molecule has 0 amide bonds. The van der Waals surface area contributed by atoms with E-state index in [1.54, 1.807) is 0 Å². The second-order valence-electron chi connectivity index (χ2n) is 7.09. The van der Waals surface area contributed by atoms with Crippen molar-refractivity contribution in [3.63, 3.8) is 0 Å². The zero-order valence-electron chi connectivity index (χ0n) is 15.0. The summed E-state index contributed by atoms with van der Waals surface area (Å²) in [5.74, 6) is 1.43. The highest BCUT2D eigenvalue weighted by atomic mass is 15.0. The smallest absolute Gasteiger partial charge is 0.0826 e. The first kappa shape index (κ1) is 19.0. The van der Waals surface area contributed by atoms with E-state index in [2.05, 4.69) is 49.8 Å². The third kappa shape index (κ3) is 9.07. The summed E-state index contributed by atoms with van der Waals surface area (Å²) in [4.78, 5) is 4.36. The fourth-order valence-electron chi connectivity index (χ4n) is 3.21. The lowest BCUT2D eigenvalue weighted by molar-refractivity contribution is 0.433. The van der Waals surface area contributed by atoms with Crippen molar-refractivity contribution in [3.05, 3.63) is 24.3 Å². The van der Waals surface area contributed by atoms with Crippen molar-refractivity contribution in [1.29, 1.82) is 0 Å². The van der Waals surface area contributed by atoms with Crippen LogP contribution >= 0.6 is 0 Å². The minimum Gasteiger partial charge on any atom is -0.374 e. The Morgan fingerprint density at radius 3 is 2.91 bits per heavy atom. The number of nitrogens with one attached hydrogen (secondary N) is 1. The van der Waals surface area contributed by atoms with Gasteiger partial charge in [-0.05, 0) is 63.7 Å². The van der Waals surface area contributed by atoms with Crippen LogP contribution in [0, 0.1) is 11.8 Å². The highest BCUT2D eigenvalue weighted by Gasteiger charge is 2.14. The van der Waals surface area contributed by atoms with Crippen molar-refractivity contribution >= 4 is 6.34 Å². The molecule has 0 aromatic carbocycles. The topological polar surface area (TPSA) is 24.4 Å². The van der Waals surface area contributed by atoms with E-state index in [-0.39, 0.29) is 0 Å². The fourth-order valence-corrected chi connectivity index (χ4v) is 3.21. The molecular weight excluding hydrogens is 268 g/mol. The van der Waals surface area contributed by atoms with Crippen LogP contribution in [-0.4, -0.2) is 18.9 Å². The third-order valence-corrected chi connectivity index (χ3v) is 4.55. The minimum atomic E-state index is 0.607. The maximum Gasteiger partial charge on any atom is 0.0826 e. The summed E-state index contributed by atoms with van der Waals surface area (Å²) in [7, 11) is 0. The summed E-state index contributed by atoms with van der Waals surface area (Å²) >= 11 is 0.